The van der Waals surface area contributed by atoms with Gasteiger partial charge in [-0.2, -0.15) is 0 Å². The molecule has 1 aromatic heterocycles. The van der Waals surface area contributed by atoms with Gasteiger partial charge in [0.15, 0.2) is 0 Å². The van der Waals surface area contributed by atoms with E-state index in [1.165, 1.54) is 41.0 Å². The normalized spacial score (nSPS) is 19.5. The zero-order valence-corrected chi connectivity index (χ0v) is 12.4. The summed E-state index contributed by atoms with van der Waals surface area (Å²) in [6.45, 7) is 6.63. The molecule has 1 saturated carbocycles. The fourth-order valence-corrected chi connectivity index (χ4v) is 4.54. The molecule has 2 heterocycles. The highest BCUT2D eigenvalue weighted by Gasteiger charge is 2.48. The minimum Gasteiger partial charge on any atom is -0.312 e. The number of hydrogen-bond donors (Lipinski definition) is 1. The fraction of sp³-hybridized carbons (Fsp3) is 0.412. The molecule has 0 amide bonds. The van der Waals surface area contributed by atoms with Crippen LogP contribution in [0.5, 0.6) is 0 Å². The van der Waals surface area contributed by atoms with Gasteiger partial charge in [0.1, 0.15) is 0 Å². The van der Waals surface area contributed by atoms with Gasteiger partial charge in [0.2, 0.25) is 0 Å². The topological polar surface area (TPSA) is 12.0 Å². The van der Waals surface area contributed by atoms with Gasteiger partial charge in [0.05, 0.1) is 0 Å². The Hall–Kier alpha value is -1.12. The molecule has 0 atom stereocenters. The lowest BCUT2D eigenvalue weighted by molar-refractivity contribution is 0.541. The summed E-state index contributed by atoms with van der Waals surface area (Å²) >= 11 is 2.03. The van der Waals surface area contributed by atoms with Crippen molar-refractivity contribution >= 4 is 11.3 Å². The average Bonchev–Trinajstić information content (AvgIpc) is 3.01. The largest absolute Gasteiger partial charge is 0.312 e. The quantitative estimate of drug-likeness (QED) is 0.819. The molecule has 2 aromatic rings. The van der Waals surface area contributed by atoms with Crippen molar-refractivity contribution in [3.8, 4) is 10.4 Å². The van der Waals surface area contributed by atoms with Gasteiger partial charge >= 0.3 is 0 Å². The lowest BCUT2D eigenvalue weighted by Gasteiger charge is -2.22. The van der Waals surface area contributed by atoms with Gasteiger partial charge in [-0.05, 0) is 55.0 Å². The Balaban J connectivity index is 1.80. The molecule has 0 unspecified atom stereocenters. The summed E-state index contributed by atoms with van der Waals surface area (Å²) in [4.78, 5) is 3.11. The molecule has 2 heteroatoms. The Labute approximate surface area is 118 Å². The minimum absolute atomic E-state index is 0.510. The molecule has 1 aromatic carbocycles. The second-order valence-electron chi connectivity index (χ2n) is 6.15. The second kappa shape index (κ2) is 3.94. The van der Waals surface area contributed by atoms with Gasteiger partial charge in [0, 0.05) is 28.3 Å². The zero-order valence-electron chi connectivity index (χ0n) is 11.5. The molecule has 98 valence electrons. The van der Waals surface area contributed by atoms with Crippen molar-refractivity contribution in [3.63, 3.8) is 0 Å². The van der Waals surface area contributed by atoms with E-state index in [-0.39, 0.29) is 0 Å². The predicted octanol–water partition coefficient (Wildman–Crippen LogP) is 4.17. The highest BCUT2D eigenvalue weighted by Crippen LogP contribution is 2.54. The maximum absolute atomic E-state index is 3.59. The first-order valence-electron chi connectivity index (χ1n) is 7.09. The number of aryl methyl sites for hydroxylation is 2. The lowest BCUT2D eigenvalue weighted by atomic mass is 9.96. The van der Waals surface area contributed by atoms with Gasteiger partial charge < -0.3 is 5.32 Å². The molecule has 2 aliphatic rings. The predicted molar refractivity (Wildman–Crippen MR) is 81.8 cm³/mol. The van der Waals surface area contributed by atoms with Crippen LogP contribution in [0.15, 0.2) is 24.3 Å². The average molecular weight is 269 g/mol. The van der Waals surface area contributed by atoms with Crippen molar-refractivity contribution < 1.29 is 0 Å². The highest BCUT2D eigenvalue weighted by atomic mass is 32.1. The van der Waals surface area contributed by atoms with Crippen LogP contribution in [0, 0.1) is 13.8 Å². The van der Waals surface area contributed by atoms with Crippen molar-refractivity contribution in [1.29, 1.82) is 0 Å². The molecule has 4 rings (SSSR count). The van der Waals surface area contributed by atoms with Crippen LogP contribution in [0.25, 0.3) is 10.4 Å². The molecular formula is C17H19NS. The standard InChI is InChI=1S/C17H19NS/c1-11-3-4-13(7-12(11)2)15-8-14-9-18-10-17(5-6-17)16(14)19-15/h3-4,7-8,18H,5-6,9-10H2,1-2H3. The maximum atomic E-state index is 3.59. The van der Waals surface area contributed by atoms with E-state index in [1.54, 1.807) is 10.4 Å². The van der Waals surface area contributed by atoms with Gasteiger partial charge in [-0.1, -0.05) is 18.2 Å². The first-order valence-corrected chi connectivity index (χ1v) is 7.91. The highest BCUT2D eigenvalue weighted by molar-refractivity contribution is 7.15. The lowest BCUT2D eigenvalue weighted by Crippen LogP contribution is -2.31. The van der Waals surface area contributed by atoms with Crippen LogP contribution in [0.1, 0.15) is 34.4 Å². The third-order valence-electron chi connectivity index (χ3n) is 4.71. The number of benzene rings is 1. The summed E-state index contributed by atoms with van der Waals surface area (Å²) < 4.78 is 0. The molecule has 1 spiro atoms. The van der Waals surface area contributed by atoms with E-state index in [0.717, 1.165) is 6.54 Å². The van der Waals surface area contributed by atoms with Gasteiger partial charge in [-0.15, -0.1) is 11.3 Å². The molecular weight excluding hydrogens is 250 g/mol. The first-order chi connectivity index (χ1) is 9.18. The molecule has 0 radical (unpaired) electrons. The number of hydrogen-bond acceptors (Lipinski definition) is 2. The molecule has 1 fully saturated rings. The van der Waals surface area contributed by atoms with Crippen LogP contribution >= 0.6 is 11.3 Å². The van der Waals surface area contributed by atoms with E-state index in [4.69, 9.17) is 0 Å². The van der Waals surface area contributed by atoms with Crippen molar-refractivity contribution in [1.82, 2.24) is 5.32 Å². The number of fused-ring (bicyclic) bond motifs is 2. The van der Waals surface area contributed by atoms with Crippen molar-refractivity contribution in [2.75, 3.05) is 6.54 Å². The Bertz CT molecular complexity index is 649. The summed E-state index contributed by atoms with van der Waals surface area (Å²) in [6.07, 6.45) is 2.75. The molecule has 0 saturated heterocycles. The van der Waals surface area contributed by atoms with Gasteiger partial charge in [-0.3, -0.25) is 0 Å². The monoisotopic (exact) mass is 269 g/mol. The number of rotatable bonds is 1. The molecule has 19 heavy (non-hydrogen) atoms. The van der Waals surface area contributed by atoms with Crippen molar-refractivity contribution in [2.45, 2.75) is 38.6 Å². The van der Waals surface area contributed by atoms with Crippen LogP contribution in [0.2, 0.25) is 0 Å². The Morgan fingerprint density at radius 3 is 2.68 bits per heavy atom. The first kappa shape index (κ1) is 11.7. The second-order valence-corrected chi connectivity index (χ2v) is 7.20. The number of thiophene rings is 1. The van der Waals surface area contributed by atoms with Gasteiger partial charge in [-0.25, -0.2) is 0 Å². The third kappa shape index (κ3) is 1.78. The van der Waals surface area contributed by atoms with Crippen molar-refractivity contribution in [3.05, 3.63) is 45.8 Å². The Morgan fingerprint density at radius 2 is 1.95 bits per heavy atom. The molecule has 1 aliphatic heterocycles. The van der Waals surface area contributed by atoms with Crippen LogP contribution < -0.4 is 5.32 Å². The maximum Gasteiger partial charge on any atom is 0.0349 e. The number of nitrogens with one attached hydrogen (secondary N) is 1. The Morgan fingerprint density at radius 1 is 1.11 bits per heavy atom. The molecule has 1 nitrogen and oxygen atoms in total. The SMILES string of the molecule is Cc1ccc(-c2cc3c(s2)C2(CC2)CNC3)cc1C. The van der Waals surface area contributed by atoms with Crippen LogP contribution in [-0.4, -0.2) is 6.54 Å². The molecule has 1 aliphatic carbocycles. The summed E-state index contributed by atoms with van der Waals surface area (Å²) in [5.41, 5.74) is 6.21. The van der Waals surface area contributed by atoms with Crippen molar-refractivity contribution in [2.24, 2.45) is 0 Å². The minimum atomic E-state index is 0.510. The summed E-state index contributed by atoms with van der Waals surface area (Å²) in [6, 6.07) is 9.26. The summed E-state index contributed by atoms with van der Waals surface area (Å²) in [5.74, 6) is 0. The van der Waals surface area contributed by atoms with Crippen LogP contribution in [0.3, 0.4) is 0 Å². The van der Waals surface area contributed by atoms with E-state index in [0.29, 0.717) is 5.41 Å². The van der Waals surface area contributed by atoms with Crippen LogP contribution in [0.4, 0.5) is 0 Å². The molecule has 0 bridgehead atoms. The third-order valence-corrected chi connectivity index (χ3v) is 6.19. The Kier molecular flexibility index (Phi) is 2.42. The summed E-state index contributed by atoms with van der Waals surface area (Å²) in [5, 5.41) is 3.59. The van der Waals surface area contributed by atoms with E-state index >= 15 is 0 Å². The van der Waals surface area contributed by atoms with E-state index in [1.807, 2.05) is 11.3 Å². The van der Waals surface area contributed by atoms with E-state index in [9.17, 15) is 0 Å². The van der Waals surface area contributed by atoms with Crippen LogP contribution in [-0.2, 0) is 12.0 Å². The zero-order chi connectivity index (χ0) is 13.0. The van der Waals surface area contributed by atoms with Gasteiger partial charge in [0.25, 0.3) is 0 Å². The molecule has 1 N–H and O–H groups in total. The van der Waals surface area contributed by atoms with E-state index in [2.05, 4.69) is 43.4 Å². The smallest absolute Gasteiger partial charge is 0.0349 e. The summed E-state index contributed by atoms with van der Waals surface area (Å²) in [7, 11) is 0. The van der Waals surface area contributed by atoms with E-state index < -0.39 is 0 Å². The fourth-order valence-electron chi connectivity index (χ4n) is 3.12.